The van der Waals surface area contributed by atoms with Gasteiger partial charge < -0.3 is 25.7 Å². The molecular weight excluding hydrogens is 198 g/mol. The maximum absolute atomic E-state index is 9.77. The normalized spacial score (nSPS) is 36.0. The van der Waals surface area contributed by atoms with E-state index in [9.17, 15) is 10.2 Å². The minimum Gasteiger partial charge on any atom is -0.388 e. The molecule has 2 rings (SSSR count). The Morgan fingerprint density at radius 1 is 1.53 bits per heavy atom. The number of hydrogen-bond acceptors (Lipinski definition) is 5. The van der Waals surface area contributed by atoms with Crippen LogP contribution in [0.15, 0.2) is 6.33 Å². The van der Waals surface area contributed by atoms with Crippen molar-refractivity contribution in [3.8, 4) is 0 Å². The van der Waals surface area contributed by atoms with Gasteiger partial charge in [0.25, 0.3) is 0 Å². The first-order chi connectivity index (χ1) is 7.15. The van der Waals surface area contributed by atoms with Crippen molar-refractivity contribution in [1.82, 2.24) is 9.97 Å². The molecule has 6 heteroatoms. The first kappa shape index (κ1) is 10.6. The van der Waals surface area contributed by atoms with Crippen molar-refractivity contribution in [2.45, 2.75) is 31.3 Å². The number of aryl methyl sites for hydroxylation is 1. The number of hydrogen-bond donors (Lipinski definition) is 4. The predicted molar refractivity (Wildman–Crippen MR) is 52.0 cm³/mol. The summed E-state index contributed by atoms with van der Waals surface area (Å²) in [6.45, 7) is 2.01. The van der Waals surface area contributed by atoms with Crippen molar-refractivity contribution in [2.75, 3.05) is 6.54 Å². The molecule has 0 bridgehead atoms. The number of aromatic nitrogens is 2. The van der Waals surface area contributed by atoms with Gasteiger partial charge in [0.05, 0.1) is 18.1 Å². The number of H-pyrrole nitrogens is 1. The van der Waals surface area contributed by atoms with E-state index in [1.165, 1.54) is 6.33 Å². The van der Waals surface area contributed by atoms with Crippen LogP contribution in [0.2, 0.25) is 0 Å². The number of rotatable bonds is 2. The van der Waals surface area contributed by atoms with Gasteiger partial charge in [-0.25, -0.2) is 4.98 Å². The van der Waals surface area contributed by atoms with Gasteiger partial charge in [-0.1, -0.05) is 0 Å². The molecule has 4 atom stereocenters. The number of ether oxygens (including phenoxy) is 1. The highest BCUT2D eigenvalue weighted by molar-refractivity contribution is 5.16. The van der Waals surface area contributed by atoms with Crippen LogP contribution in [0.5, 0.6) is 0 Å². The number of imidazole rings is 1. The Bertz CT molecular complexity index is 341. The van der Waals surface area contributed by atoms with Crippen LogP contribution >= 0.6 is 0 Å². The summed E-state index contributed by atoms with van der Waals surface area (Å²) in [7, 11) is 0. The van der Waals surface area contributed by atoms with Crippen molar-refractivity contribution in [3.63, 3.8) is 0 Å². The largest absolute Gasteiger partial charge is 0.388 e. The Balaban J connectivity index is 2.22. The van der Waals surface area contributed by atoms with Gasteiger partial charge in [0.2, 0.25) is 0 Å². The summed E-state index contributed by atoms with van der Waals surface area (Å²) in [5.74, 6) is 0. The first-order valence-electron chi connectivity index (χ1n) is 4.86. The molecule has 5 N–H and O–H groups in total. The summed E-state index contributed by atoms with van der Waals surface area (Å²) in [5, 5.41) is 19.4. The lowest BCUT2D eigenvalue weighted by Gasteiger charge is -2.12. The summed E-state index contributed by atoms with van der Waals surface area (Å²) in [6, 6.07) is 0. The van der Waals surface area contributed by atoms with Gasteiger partial charge in [0, 0.05) is 12.2 Å². The van der Waals surface area contributed by atoms with Crippen molar-refractivity contribution >= 4 is 0 Å². The monoisotopic (exact) mass is 213 g/mol. The number of nitrogens with one attached hydrogen (secondary N) is 1. The molecular formula is C9H15N3O3. The Kier molecular flexibility index (Phi) is 2.74. The molecule has 15 heavy (non-hydrogen) atoms. The van der Waals surface area contributed by atoms with Crippen LogP contribution in [0.25, 0.3) is 0 Å². The first-order valence-corrected chi connectivity index (χ1v) is 4.86. The zero-order chi connectivity index (χ0) is 11.0. The van der Waals surface area contributed by atoms with E-state index in [1.807, 2.05) is 6.92 Å². The molecule has 0 aromatic carbocycles. The second kappa shape index (κ2) is 3.90. The smallest absolute Gasteiger partial charge is 0.130 e. The minimum atomic E-state index is -0.972. The molecule has 6 nitrogen and oxygen atoms in total. The van der Waals surface area contributed by atoms with Gasteiger partial charge in [0.15, 0.2) is 0 Å². The highest BCUT2D eigenvalue weighted by Gasteiger charge is 2.44. The Labute approximate surface area is 87.1 Å². The van der Waals surface area contributed by atoms with Crippen molar-refractivity contribution in [3.05, 3.63) is 17.7 Å². The molecule has 1 aromatic rings. The number of nitrogens with two attached hydrogens (primary N) is 1. The molecule has 1 saturated heterocycles. The Morgan fingerprint density at radius 3 is 2.73 bits per heavy atom. The molecule has 84 valence electrons. The van der Waals surface area contributed by atoms with Gasteiger partial charge >= 0.3 is 0 Å². The average Bonchev–Trinajstić information content (AvgIpc) is 2.74. The molecule has 0 unspecified atom stereocenters. The van der Waals surface area contributed by atoms with Crippen LogP contribution in [-0.2, 0) is 4.74 Å². The highest BCUT2D eigenvalue weighted by Crippen LogP contribution is 2.33. The Hall–Kier alpha value is -0.950. The lowest BCUT2D eigenvalue weighted by molar-refractivity contribution is 0.00895. The molecule has 0 aliphatic carbocycles. The topological polar surface area (TPSA) is 104 Å². The van der Waals surface area contributed by atoms with Crippen LogP contribution in [0, 0.1) is 6.92 Å². The van der Waals surface area contributed by atoms with E-state index in [4.69, 9.17) is 10.5 Å². The fourth-order valence-electron chi connectivity index (χ4n) is 1.83. The summed E-state index contributed by atoms with van der Waals surface area (Å²) >= 11 is 0. The summed E-state index contributed by atoms with van der Waals surface area (Å²) in [5.41, 5.74) is 6.86. The molecule has 1 aromatic heterocycles. The lowest BCUT2D eigenvalue weighted by atomic mass is 10.0. The van der Waals surface area contributed by atoms with Crippen LogP contribution < -0.4 is 5.73 Å². The third kappa shape index (κ3) is 1.65. The molecule has 0 amide bonds. The van der Waals surface area contributed by atoms with Gasteiger partial charge in [-0.05, 0) is 6.92 Å². The second-order valence-electron chi connectivity index (χ2n) is 3.72. The summed E-state index contributed by atoms with van der Waals surface area (Å²) in [6.07, 6.45) is -1.51. The molecule has 0 radical (unpaired) electrons. The Morgan fingerprint density at radius 2 is 2.27 bits per heavy atom. The van der Waals surface area contributed by atoms with Crippen molar-refractivity contribution in [1.29, 1.82) is 0 Å². The number of aliphatic hydroxyl groups is 2. The van der Waals surface area contributed by atoms with Gasteiger partial charge in [0.1, 0.15) is 18.3 Å². The summed E-state index contributed by atoms with van der Waals surface area (Å²) < 4.78 is 5.45. The fraction of sp³-hybridized carbons (Fsp3) is 0.667. The van der Waals surface area contributed by atoms with Crippen molar-refractivity contribution in [2.24, 2.45) is 5.73 Å². The zero-order valence-corrected chi connectivity index (χ0v) is 8.42. The van der Waals surface area contributed by atoms with Crippen molar-refractivity contribution < 1.29 is 14.9 Å². The van der Waals surface area contributed by atoms with Crippen LogP contribution in [0.1, 0.15) is 17.5 Å². The van der Waals surface area contributed by atoms with E-state index in [2.05, 4.69) is 9.97 Å². The van der Waals surface area contributed by atoms with E-state index in [0.29, 0.717) is 5.69 Å². The average molecular weight is 213 g/mol. The van der Waals surface area contributed by atoms with E-state index >= 15 is 0 Å². The third-order valence-corrected chi connectivity index (χ3v) is 2.73. The molecule has 1 aliphatic heterocycles. The SMILES string of the molecule is Cc1[nH]cnc1[C@@H]1O[C@H](CN)[C@@H](O)[C@H]1O. The quantitative estimate of drug-likeness (QED) is 0.496. The number of aliphatic hydroxyl groups excluding tert-OH is 2. The van der Waals surface area contributed by atoms with E-state index in [-0.39, 0.29) is 6.54 Å². The maximum Gasteiger partial charge on any atom is 0.130 e. The van der Waals surface area contributed by atoms with E-state index in [1.54, 1.807) is 0 Å². The molecule has 0 saturated carbocycles. The maximum atomic E-state index is 9.77. The zero-order valence-electron chi connectivity index (χ0n) is 8.42. The third-order valence-electron chi connectivity index (χ3n) is 2.73. The molecule has 2 heterocycles. The fourth-order valence-corrected chi connectivity index (χ4v) is 1.83. The second-order valence-corrected chi connectivity index (χ2v) is 3.72. The summed E-state index contributed by atoms with van der Waals surface area (Å²) in [4.78, 5) is 6.96. The highest BCUT2D eigenvalue weighted by atomic mass is 16.5. The minimum absolute atomic E-state index is 0.179. The number of aromatic amines is 1. The lowest BCUT2D eigenvalue weighted by Crippen LogP contribution is -2.35. The van der Waals surface area contributed by atoms with Gasteiger partial charge in [-0.3, -0.25) is 0 Å². The molecule has 1 fully saturated rings. The molecule has 1 aliphatic rings. The van der Waals surface area contributed by atoms with E-state index in [0.717, 1.165) is 5.69 Å². The van der Waals surface area contributed by atoms with Gasteiger partial charge in [-0.2, -0.15) is 0 Å². The predicted octanol–water partition coefficient (Wildman–Crippen LogP) is -1.16. The van der Waals surface area contributed by atoms with Gasteiger partial charge in [-0.15, -0.1) is 0 Å². The number of nitrogens with zero attached hydrogens (tertiary/aromatic N) is 1. The standard InChI is InChI=1S/C9H15N3O3/c1-4-6(12-3-11-4)9-8(14)7(13)5(2-10)15-9/h3,5,7-9,13-14H,2,10H2,1H3,(H,11,12)/t5-,7-,8-,9+/m1/s1. The van der Waals surface area contributed by atoms with E-state index < -0.39 is 24.4 Å². The van der Waals surface area contributed by atoms with Crippen LogP contribution in [-0.4, -0.2) is 45.0 Å². The molecule has 0 spiro atoms. The van der Waals surface area contributed by atoms with Crippen LogP contribution in [0.4, 0.5) is 0 Å². The van der Waals surface area contributed by atoms with Crippen LogP contribution in [0.3, 0.4) is 0 Å².